The molecule has 0 saturated heterocycles. The molecular formula is C16H21N3. The fourth-order valence-corrected chi connectivity index (χ4v) is 2.07. The summed E-state index contributed by atoms with van der Waals surface area (Å²) < 4.78 is 0. The van der Waals surface area contributed by atoms with Gasteiger partial charge in [0, 0.05) is 18.8 Å². The smallest absolute Gasteiger partial charge is 0.0602 e. The normalized spacial score (nSPS) is 10.5. The Labute approximate surface area is 115 Å². The van der Waals surface area contributed by atoms with Gasteiger partial charge in [0.05, 0.1) is 17.9 Å². The molecule has 2 aromatic rings. The zero-order valence-corrected chi connectivity index (χ0v) is 11.6. The predicted molar refractivity (Wildman–Crippen MR) is 80.0 cm³/mol. The van der Waals surface area contributed by atoms with E-state index in [1.165, 1.54) is 11.3 Å². The third-order valence-electron chi connectivity index (χ3n) is 3.21. The first-order valence-electron chi connectivity index (χ1n) is 6.69. The summed E-state index contributed by atoms with van der Waals surface area (Å²) in [7, 11) is 0. The molecule has 0 fully saturated rings. The second kappa shape index (κ2) is 6.34. The number of hydrogen-bond donors (Lipinski definition) is 1. The first kappa shape index (κ1) is 13.6. The van der Waals surface area contributed by atoms with Crippen molar-refractivity contribution in [1.82, 2.24) is 4.98 Å². The highest BCUT2D eigenvalue weighted by Crippen LogP contribution is 2.17. The first-order chi connectivity index (χ1) is 9.22. The Kier molecular flexibility index (Phi) is 4.53. The van der Waals surface area contributed by atoms with Gasteiger partial charge in [-0.25, -0.2) is 0 Å². The number of hydrogen-bond acceptors (Lipinski definition) is 3. The SMILES string of the molecule is CCN(Cc1cccc(CN)n1)c1ccc(C)cc1. The minimum atomic E-state index is 0.491. The molecule has 0 spiro atoms. The maximum atomic E-state index is 5.63. The maximum absolute atomic E-state index is 5.63. The monoisotopic (exact) mass is 255 g/mol. The average Bonchev–Trinajstić information content (AvgIpc) is 2.46. The number of rotatable bonds is 5. The van der Waals surface area contributed by atoms with Crippen molar-refractivity contribution in [3.05, 3.63) is 59.4 Å². The molecule has 1 aromatic carbocycles. The zero-order chi connectivity index (χ0) is 13.7. The van der Waals surface area contributed by atoms with Gasteiger partial charge < -0.3 is 10.6 Å². The molecule has 3 heteroatoms. The predicted octanol–water partition coefficient (Wildman–Crippen LogP) is 2.88. The standard InChI is InChI=1S/C16H21N3/c1-3-19(16-9-7-13(2)8-10-16)12-15-6-4-5-14(11-17)18-15/h4-10H,3,11-12,17H2,1-2H3. The van der Waals surface area contributed by atoms with Crippen LogP contribution in [0.5, 0.6) is 0 Å². The van der Waals surface area contributed by atoms with Gasteiger partial charge in [0.15, 0.2) is 0 Å². The molecule has 0 unspecified atom stereocenters. The van der Waals surface area contributed by atoms with Crippen LogP contribution < -0.4 is 10.6 Å². The molecular weight excluding hydrogens is 234 g/mol. The van der Waals surface area contributed by atoms with Crippen LogP contribution in [0.15, 0.2) is 42.5 Å². The first-order valence-corrected chi connectivity index (χ1v) is 6.69. The molecule has 1 aromatic heterocycles. The average molecular weight is 255 g/mol. The van der Waals surface area contributed by atoms with Gasteiger partial charge in [-0.3, -0.25) is 4.98 Å². The van der Waals surface area contributed by atoms with Gasteiger partial charge in [0.25, 0.3) is 0 Å². The van der Waals surface area contributed by atoms with Gasteiger partial charge in [0.1, 0.15) is 0 Å². The van der Waals surface area contributed by atoms with E-state index in [9.17, 15) is 0 Å². The maximum Gasteiger partial charge on any atom is 0.0602 e. The Balaban J connectivity index is 2.16. The van der Waals surface area contributed by atoms with Crippen LogP contribution in [-0.4, -0.2) is 11.5 Å². The molecule has 0 aliphatic rings. The van der Waals surface area contributed by atoms with E-state index in [-0.39, 0.29) is 0 Å². The molecule has 0 aliphatic heterocycles. The van der Waals surface area contributed by atoms with Crippen LogP contribution in [0, 0.1) is 6.92 Å². The van der Waals surface area contributed by atoms with Crippen molar-refractivity contribution >= 4 is 5.69 Å². The molecule has 100 valence electrons. The topological polar surface area (TPSA) is 42.1 Å². The molecule has 2 N–H and O–H groups in total. The fourth-order valence-electron chi connectivity index (χ4n) is 2.07. The Hall–Kier alpha value is -1.87. The van der Waals surface area contributed by atoms with Crippen LogP contribution in [0.4, 0.5) is 5.69 Å². The molecule has 0 amide bonds. The van der Waals surface area contributed by atoms with Crippen molar-refractivity contribution in [2.45, 2.75) is 26.9 Å². The summed E-state index contributed by atoms with van der Waals surface area (Å²) in [5.74, 6) is 0. The number of benzene rings is 1. The van der Waals surface area contributed by atoms with Gasteiger partial charge in [-0.2, -0.15) is 0 Å². The van der Waals surface area contributed by atoms with Crippen molar-refractivity contribution in [1.29, 1.82) is 0 Å². The second-order valence-electron chi connectivity index (χ2n) is 4.67. The van der Waals surface area contributed by atoms with E-state index in [1.54, 1.807) is 0 Å². The van der Waals surface area contributed by atoms with E-state index in [2.05, 4.69) is 54.1 Å². The van der Waals surface area contributed by atoms with Crippen LogP contribution >= 0.6 is 0 Å². The van der Waals surface area contributed by atoms with Gasteiger partial charge in [-0.15, -0.1) is 0 Å². The Morgan fingerprint density at radius 3 is 2.37 bits per heavy atom. The van der Waals surface area contributed by atoms with Crippen LogP contribution in [0.1, 0.15) is 23.9 Å². The van der Waals surface area contributed by atoms with E-state index in [0.717, 1.165) is 24.5 Å². The van der Waals surface area contributed by atoms with Gasteiger partial charge in [0.2, 0.25) is 0 Å². The molecule has 2 rings (SSSR count). The van der Waals surface area contributed by atoms with Crippen molar-refractivity contribution in [3.8, 4) is 0 Å². The van der Waals surface area contributed by atoms with E-state index < -0.39 is 0 Å². The molecule has 0 radical (unpaired) electrons. The Morgan fingerprint density at radius 1 is 1.05 bits per heavy atom. The Bertz CT molecular complexity index is 520. The lowest BCUT2D eigenvalue weighted by molar-refractivity contribution is 0.799. The summed E-state index contributed by atoms with van der Waals surface area (Å²) in [4.78, 5) is 6.86. The number of nitrogens with zero attached hydrogens (tertiary/aromatic N) is 2. The third-order valence-corrected chi connectivity index (χ3v) is 3.21. The number of pyridine rings is 1. The highest BCUT2D eigenvalue weighted by molar-refractivity contribution is 5.47. The fraction of sp³-hybridized carbons (Fsp3) is 0.312. The van der Waals surface area contributed by atoms with Crippen LogP contribution in [0.3, 0.4) is 0 Å². The summed E-state index contributed by atoms with van der Waals surface area (Å²) in [6.45, 7) is 6.52. The van der Waals surface area contributed by atoms with E-state index >= 15 is 0 Å². The highest BCUT2D eigenvalue weighted by atomic mass is 15.1. The lowest BCUT2D eigenvalue weighted by atomic mass is 10.2. The summed E-state index contributed by atoms with van der Waals surface area (Å²) in [6.07, 6.45) is 0. The van der Waals surface area contributed by atoms with E-state index in [0.29, 0.717) is 6.54 Å². The van der Waals surface area contributed by atoms with Gasteiger partial charge in [-0.05, 0) is 38.1 Å². The lowest BCUT2D eigenvalue weighted by Gasteiger charge is -2.23. The highest BCUT2D eigenvalue weighted by Gasteiger charge is 2.06. The van der Waals surface area contributed by atoms with Gasteiger partial charge >= 0.3 is 0 Å². The number of anilines is 1. The number of aromatic nitrogens is 1. The second-order valence-corrected chi connectivity index (χ2v) is 4.67. The molecule has 3 nitrogen and oxygen atoms in total. The summed E-state index contributed by atoms with van der Waals surface area (Å²) >= 11 is 0. The largest absolute Gasteiger partial charge is 0.366 e. The molecule has 1 heterocycles. The number of aryl methyl sites for hydroxylation is 1. The Morgan fingerprint density at radius 2 is 1.74 bits per heavy atom. The van der Waals surface area contributed by atoms with Crippen molar-refractivity contribution in [2.75, 3.05) is 11.4 Å². The summed E-state index contributed by atoms with van der Waals surface area (Å²) in [5, 5.41) is 0. The molecule has 0 saturated carbocycles. The molecule has 0 aliphatic carbocycles. The van der Waals surface area contributed by atoms with E-state index in [4.69, 9.17) is 5.73 Å². The number of nitrogens with two attached hydrogens (primary N) is 1. The zero-order valence-electron chi connectivity index (χ0n) is 11.6. The minimum absolute atomic E-state index is 0.491. The van der Waals surface area contributed by atoms with Crippen molar-refractivity contribution in [3.63, 3.8) is 0 Å². The van der Waals surface area contributed by atoms with Crippen LogP contribution in [0.25, 0.3) is 0 Å². The van der Waals surface area contributed by atoms with Crippen molar-refractivity contribution in [2.24, 2.45) is 5.73 Å². The lowest BCUT2D eigenvalue weighted by Crippen LogP contribution is -2.22. The van der Waals surface area contributed by atoms with E-state index in [1.807, 2.05) is 12.1 Å². The summed E-state index contributed by atoms with van der Waals surface area (Å²) in [5.41, 5.74) is 10.1. The summed E-state index contributed by atoms with van der Waals surface area (Å²) in [6, 6.07) is 14.6. The molecule has 0 bridgehead atoms. The third kappa shape index (κ3) is 3.55. The molecule has 19 heavy (non-hydrogen) atoms. The van der Waals surface area contributed by atoms with Gasteiger partial charge in [-0.1, -0.05) is 23.8 Å². The quantitative estimate of drug-likeness (QED) is 0.893. The molecule has 0 atom stereocenters. The van der Waals surface area contributed by atoms with Crippen molar-refractivity contribution < 1.29 is 0 Å². The van der Waals surface area contributed by atoms with Crippen LogP contribution in [-0.2, 0) is 13.1 Å². The minimum Gasteiger partial charge on any atom is -0.366 e. The van der Waals surface area contributed by atoms with Crippen LogP contribution in [0.2, 0.25) is 0 Å².